The van der Waals surface area contributed by atoms with Crippen LogP contribution in [0.2, 0.25) is 0 Å². The van der Waals surface area contributed by atoms with E-state index in [0.29, 0.717) is 0 Å². The van der Waals surface area contributed by atoms with Gasteiger partial charge in [-0.05, 0) is 12.1 Å². The van der Waals surface area contributed by atoms with Crippen molar-refractivity contribution in [2.24, 2.45) is 5.73 Å². The van der Waals surface area contributed by atoms with Gasteiger partial charge in [-0.3, -0.25) is 0 Å². The van der Waals surface area contributed by atoms with Crippen LogP contribution in [0.25, 0.3) is 0 Å². The summed E-state index contributed by atoms with van der Waals surface area (Å²) in [7, 11) is 0. The number of phenolic OH excluding ortho intramolecular Hbond substituents is 1. The molecule has 1 amide bonds. The molecule has 0 saturated heterocycles. The SMILES string of the molecule is NC(=O)Oc1c(O)ccc(C(=O)O)c1O. The number of ether oxygens (including phenoxy) is 1. The van der Waals surface area contributed by atoms with E-state index in [1.54, 1.807) is 0 Å². The van der Waals surface area contributed by atoms with E-state index < -0.39 is 34.9 Å². The zero-order valence-electron chi connectivity index (χ0n) is 7.30. The summed E-state index contributed by atoms with van der Waals surface area (Å²) in [6, 6.07) is 1.92. The lowest BCUT2D eigenvalue weighted by Gasteiger charge is -2.07. The largest absolute Gasteiger partial charge is 0.504 e. The van der Waals surface area contributed by atoms with Crippen molar-refractivity contribution in [3.63, 3.8) is 0 Å². The Hall–Kier alpha value is -2.44. The molecule has 5 N–H and O–H groups in total. The minimum atomic E-state index is -1.43. The van der Waals surface area contributed by atoms with E-state index in [-0.39, 0.29) is 0 Å². The summed E-state index contributed by atoms with van der Waals surface area (Å²) in [6.07, 6.45) is -1.27. The fourth-order valence-electron chi connectivity index (χ4n) is 0.934. The van der Waals surface area contributed by atoms with Gasteiger partial charge in [-0.2, -0.15) is 0 Å². The number of rotatable bonds is 2. The molecular formula is C8H7NO6. The minimum absolute atomic E-state index is 0.510. The van der Waals surface area contributed by atoms with Crippen LogP contribution in [-0.4, -0.2) is 27.4 Å². The van der Waals surface area contributed by atoms with Gasteiger partial charge in [-0.15, -0.1) is 0 Å². The smallest absolute Gasteiger partial charge is 0.410 e. The van der Waals surface area contributed by atoms with Gasteiger partial charge < -0.3 is 25.8 Å². The van der Waals surface area contributed by atoms with Crippen LogP contribution >= 0.6 is 0 Å². The lowest BCUT2D eigenvalue weighted by molar-refractivity contribution is 0.0692. The molecule has 80 valence electrons. The second-order valence-corrected chi connectivity index (χ2v) is 2.54. The predicted molar refractivity (Wildman–Crippen MR) is 46.9 cm³/mol. The molecule has 7 heteroatoms. The van der Waals surface area contributed by atoms with Crippen LogP contribution in [0, 0.1) is 0 Å². The number of amides is 1. The van der Waals surface area contributed by atoms with Crippen molar-refractivity contribution in [2.45, 2.75) is 0 Å². The van der Waals surface area contributed by atoms with Crippen LogP contribution in [-0.2, 0) is 0 Å². The molecule has 0 radical (unpaired) electrons. The second kappa shape index (κ2) is 3.74. The van der Waals surface area contributed by atoms with Gasteiger partial charge >= 0.3 is 12.1 Å². The van der Waals surface area contributed by atoms with Crippen molar-refractivity contribution < 1.29 is 29.6 Å². The summed E-state index contributed by atoms with van der Waals surface area (Å²) in [6.45, 7) is 0. The van der Waals surface area contributed by atoms with Crippen molar-refractivity contribution in [1.29, 1.82) is 0 Å². The molecule has 0 heterocycles. The Labute approximate surface area is 83.3 Å². The summed E-state index contributed by atoms with van der Waals surface area (Å²) in [5, 5.41) is 27.1. The zero-order chi connectivity index (χ0) is 11.6. The van der Waals surface area contributed by atoms with Crippen LogP contribution in [0.1, 0.15) is 10.4 Å². The predicted octanol–water partition coefficient (Wildman–Crippen LogP) is 0.254. The molecular weight excluding hydrogens is 206 g/mol. The fraction of sp³-hybridized carbons (Fsp3) is 0. The van der Waals surface area contributed by atoms with E-state index in [1.165, 1.54) is 0 Å². The Morgan fingerprint density at radius 3 is 2.33 bits per heavy atom. The van der Waals surface area contributed by atoms with Gasteiger partial charge in [0.15, 0.2) is 11.5 Å². The van der Waals surface area contributed by atoms with Gasteiger partial charge in [-0.1, -0.05) is 0 Å². The molecule has 0 aliphatic heterocycles. The Kier molecular flexibility index (Phi) is 2.65. The monoisotopic (exact) mass is 213 g/mol. The number of hydrogen-bond donors (Lipinski definition) is 4. The topological polar surface area (TPSA) is 130 Å². The number of carbonyl (C=O) groups excluding carboxylic acids is 1. The van der Waals surface area contributed by atoms with Crippen LogP contribution < -0.4 is 10.5 Å². The fourth-order valence-corrected chi connectivity index (χ4v) is 0.934. The highest BCUT2D eigenvalue weighted by molar-refractivity contribution is 5.92. The minimum Gasteiger partial charge on any atom is -0.504 e. The molecule has 15 heavy (non-hydrogen) atoms. The number of aromatic carboxylic acids is 1. The number of primary amides is 1. The van der Waals surface area contributed by atoms with Crippen LogP contribution in [0.5, 0.6) is 17.2 Å². The molecule has 0 aliphatic carbocycles. The molecule has 0 unspecified atom stereocenters. The highest BCUT2D eigenvalue weighted by Gasteiger charge is 2.19. The number of carboxylic acid groups (broad SMARTS) is 1. The number of carboxylic acids is 1. The zero-order valence-corrected chi connectivity index (χ0v) is 7.30. The molecule has 1 rings (SSSR count). The van der Waals surface area contributed by atoms with Crippen molar-refractivity contribution in [3.05, 3.63) is 17.7 Å². The highest BCUT2D eigenvalue weighted by Crippen LogP contribution is 2.38. The summed E-state index contributed by atoms with van der Waals surface area (Å²) in [4.78, 5) is 20.9. The first kappa shape index (κ1) is 10.6. The number of phenols is 2. The molecule has 0 fully saturated rings. The maximum absolute atomic E-state index is 10.6. The molecule has 0 spiro atoms. The van der Waals surface area contributed by atoms with Crippen molar-refractivity contribution >= 4 is 12.1 Å². The number of carbonyl (C=O) groups is 2. The summed E-state index contributed by atoms with van der Waals surface area (Å²) in [5.41, 5.74) is 4.15. The third kappa shape index (κ3) is 2.08. The maximum atomic E-state index is 10.6. The van der Waals surface area contributed by atoms with Crippen LogP contribution in [0.3, 0.4) is 0 Å². The van der Waals surface area contributed by atoms with E-state index in [0.717, 1.165) is 12.1 Å². The lowest BCUT2D eigenvalue weighted by atomic mass is 10.2. The third-order valence-corrected chi connectivity index (χ3v) is 1.54. The van der Waals surface area contributed by atoms with Gasteiger partial charge in [0.2, 0.25) is 5.75 Å². The summed E-state index contributed by atoms with van der Waals surface area (Å²) in [5.74, 6) is -3.55. The average molecular weight is 213 g/mol. The first-order valence-electron chi connectivity index (χ1n) is 3.69. The van der Waals surface area contributed by atoms with Crippen LogP contribution in [0.4, 0.5) is 4.79 Å². The Morgan fingerprint density at radius 1 is 1.27 bits per heavy atom. The molecule has 0 atom stereocenters. The number of nitrogens with two attached hydrogens (primary N) is 1. The van der Waals surface area contributed by atoms with Gasteiger partial charge in [0, 0.05) is 0 Å². The Balaban J connectivity index is 3.29. The van der Waals surface area contributed by atoms with Crippen LogP contribution in [0.15, 0.2) is 12.1 Å². The molecule has 0 bridgehead atoms. The molecule has 1 aromatic carbocycles. The highest BCUT2D eigenvalue weighted by atomic mass is 16.6. The van der Waals surface area contributed by atoms with E-state index in [9.17, 15) is 14.7 Å². The maximum Gasteiger partial charge on any atom is 0.410 e. The summed E-state index contributed by atoms with van der Waals surface area (Å²) < 4.78 is 4.24. The van der Waals surface area contributed by atoms with E-state index in [1.807, 2.05) is 0 Å². The van der Waals surface area contributed by atoms with Crippen molar-refractivity contribution in [2.75, 3.05) is 0 Å². The third-order valence-electron chi connectivity index (χ3n) is 1.54. The first-order chi connectivity index (χ1) is 6.93. The molecule has 7 nitrogen and oxygen atoms in total. The average Bonchev–Trinajstić information content (AvgIpc) is 2.11. The van der Waals surface area contributed by atoms with Gasteiger partial charge in [-0.25, -0.2) is 9.59 Å². The van der Waals surface area contributed by atoms with Gasteiger partial charge in [0.05, 0.1) is 0 Å². The number of benzene rings is 1. The van der Waals surface area contributed by atoms with E-state index in [4.69, 9.17) is 10.2 Å². The summed E-state index contributed by atoms with van der Waals surface area (Å²) >= 11 is 0. The molecule has 1 aromatic rings. The first-order valence-corrected chi connectivity index (χ1v) is 3.69. The van der Waals surface area contributed by atoms with Gasteiger partial charge in [0.1, 0.15) is 5.56 Å². The standard InChI is InChI=1S/C8H7NO6/c9-8(14)15-6-4(10)2-1-3(5(6)11)7(12)13/h1-2,10-11H,(H2,9,14)(H,12,13). The Morgan fingerprint density at radius 2 is 1.87 bits per heavy atom. The lowest BCUT2D eigenvalue weighted by Crippen LogP contribution is -2.16. The molecule has 0 saturated carbocycles. The number of aromatic hydroxyl groups is 2. The van der Waals surface area contributed by atoms with Crippen molar-refractivity contribution in [1.82, 2.24) is 0 Å². The molecule has 0 aliphatic rings. The van der Waals surface area contributed by atoms with Crippen molar-refractivity contribution in [3.8, 4) is 17.2 Å². The van der Waals surface area contributed by atoms with E-state index in [2.05, 4.69) is 10.5 Å². The Bertz CT molecular complexity index is 427. The number of hydrogen-bond acceptors (Lipinski definition) is 5. The normalized spacial score (nSPS) is 9.60. The van der Waals surface area contributed by atoms with Gasteiger partial charge in [0.25, 0.3) is 0 Å². The second-order valence-electron chi connectivity index (χ2n) is 2.54. The van der Waals surface area contributed by atoms with E-state index >= 15 is 0 Å². The quantitative estimate of drug-likeness (QED) is 0.557. The molecule has 0 aromatic heterocycles.